The van der Waals surface area contributed by atoms with Crippen LogP contribution in [0.4, 0.5) is 0 Å². The SMILES string of the molecule is CCc1ccc([C@H](C)C(=O)N2CC[C@@H](N)C[C@@H]2C)cc1. The summed E-state index contributed by atoms with van der Waals surface area (Å²) in [5.74, 6) is 0.159. The van der Waals surface area contributed by atoms with Gasteiger partial charge in [-0.3, -0.25) is 4.79 Å². The number of rotatable bonds is 3. The Hall–Kier alpha value is -1.35. The zero-order chi connectivity index (χ0) is 14.7. The number of piperidine rings is 1. The van der Waals surface area contributed by atoms with Gasteiger partial charge in [0.15, 0.2) is 0 Å². The number of hydrogen-bond acceptors (Lipinski definition) is 2. The van der Waals surface area contributed by atoms with Crippen molar-refractivity contribution in [2.45, 2.75) is 58.0 Å². The van der Waals surface area contributed by atoms with E-state index >= 15 is 0 Å². The maximum atomic E-state index is 12.7. The Balaban J connectivity index is 2.07. The van der Waals surface area contributed by atoms with Gasteiger partial charge in [-0.2, -0.15) is 0 Å². The van der Waals surface area contributed by atoms with Gasteiger partial charge in [0.05, 0.1) is 5.92 Å². The minimum Gasteiger partial charge on any atom is -0.339 e. The molecular formula is C17H26N2O. The molecule has 1 amide bonds. The van der Waals surface area contributed by atoms with Crippen LogP contribution in [-0.2, 0) is 11.2 Å². The van der Waals surface area contributed by atoms with Gasteiger partial charge in [-0.05, 0) is 44.2 Å². The lowest BCUT2D eigenvalue weighted by Gasteiger charge is -2.38. The van der Waals surface area contributed by atoms with Crippen molar-refractivity contribution >= 4 is 5.91 Å². The van der Waals surface area contributed by atoms with Crippen molar-refractivity contribution in [2.24, 2.45) is 5.73 Å². The van der Waals surface area contributed by atoms with Crippen LogP contribution >= 0.6 is 0 Å². The van der Waals surface area contributed by atoms with Gasteiger partial charge in [-0.15, -0.1) is 0 Å². The molecule has 1 aliphatic heterocycles. The topological polar surface area (TPSA) is 46.3 Å². The van der Waals surface area contributed by atoms with Gasteiger partial charge >= 0.3 is 0 Å². The van der Waals surface area contributed by atoms with E-state index in [2.05, 4.69) is 38.1 Å². The third kappa shape index (κ3) is 3.21. The quantitative estimate of drug-likeness (QED) is 0.921. The molecule has 1 fully saturated rings. The second-order valence-corrected chi connectivity index (χ2v) is 5.98. The molecule has 1 saturated heterocycles. The largest absolute Gasteiger partial charge is 0.339 e. The number of nitrogens with zero attached hydrogens (tertiary/aromatic N) is 1. The fourth-order valence-electron chi connectivity index (χ4n) is 2.97. The maximum Gasteiger partial charge on any atom is 0.230 e. The van der Waals surface area contributed by atoms with Gasteiger partial charge in [0, 0.05) is 18.6 Å². The highest BCUT2D eigenvalue weighted by Gasteiger charge is 2.30. The fourth-order valence-corrected chi connectivity index (χ4v) is 2.97. The molecule has 0 bridgehead atoms. The van der Waals surface area contributed by atoms with E-state index in [0.717, 1.165) is 31.4 Å². The maximum absolute atomic E-state index is 12.7. The van der Waals surface area contributed by atoms with Crippen molar-refractivity contribution < 1.29 is 4.79 Å². The Morgan fingerprint density at radius 1 is 1.40 bits per heavy atom. The molecule has 0 aromatic heterocycles. The summed E-state index contributed by atoms with van der Waals surface area (Å²) in [7, 11) is 0. The van der Waals surface area contributed by atoms with Crippen molar-refractivity contribution in [1.29, 1.82) is 0 Å². The Bertz CT molecular complexity index is 455. The first kappa shape index (κ1) is 15.0. The Morgan fingerprint density at radius 2 is 2.05 bits per heavy atom. The van der Waals surface area contributed by atoms with Crippen LogP contribution in [0.5, 0.6) is 0 Å². The van der Waals surface area contributed by atoms with Gasteiger partial charge < -0.3 is 10.6 Å². The monoisotopic (exact) mass is 274 g/mol. The average molecular weight is 274 g/mol. The summed E-state index contributed by atoms with van der Waals surface area (Å²) >= 11 is 0. The predicted octanol–water partition coefficient (Wildman–Crippen LogP) is 2.69. The highest BCUT2D eigenvalue weighted by Crippen LogP contribution is 2.24. The van der Waals surface area contributed by atoms with Crippen LogP contribution in [0, 0.1) is 0 Å². The summed E-state index contributed by atoms with van der Waals surface area (Å²) in [5, 5.41) is 0. The normalized spacial score (nSPS) is 24.5. The molecule has 2 N–H and O–H groups in total. The number of carbonyl (C=O) groups is 1. The Kier molecular flexibility index (Phi) is 4.81. The van der Waals surface area contributed by atoms with Crippen LogP contribution in [0.25, 0.3) is 0 Å². The highest BCUT2D eigenvalue weighted by molar-refractivity contribution is 5.83. The molecule has 3 atom stereocenters. The van der Waals surface area contributed by atoms with E-state index in [-0.39, 0.29) is 23.9 Å². The summed E-state index contributed by atoms with van der Waals surface area (Å²) in [5.41, 5.74) is 8.39. The van der Waals surface area contributed by atoms with E-state index in [4.69, 9.17) is 5.73 Å². The van der Waals surface area contributed by atoms with Crippen molar-refractivity contribution in [1.82, 2.24) is 4.90 Å². The van der Waals surface area contributed by atoms with E-state index in [9.17, 15) is 4.79 Å². The van der Waals surface area contributed by atoms with E-state index in [1.807, 2.05) is 11.8 Å². The van der Waals surface area contributed by atoms with Gasteiger partial charge in [0.2, 0.25) is 5.91 Å². The molecule has 0 spiro atoms. The molecule has 1 aliphatic rings. The number of nitrogens with two attached hydrogens (primary N) is 1. The number of likely N-dealkylation sites (tertiary alicyclic amines) is 1. The van der Waals surface area contributed by atoms with E-state index in [1.54, 1.807) is 0 Å². The Labute approximate surface area is 122 Å². The molecule has 2 rings (SSSR count). The van der Waals surface area contributed by atoms with Crippen molar-refractivity contribution in [2.75, 3.05) is 6.54 Å². The summed E-state index contributed by atoms with van der Waals surface area (Å²) < 4.78 is 0. The lowest BCUT2D eigenvalue weighted by molar-refractivity contribution is -0.135. The minimum atomic E-state index is -0.0716. The van der Waals surface area contributed by atoms with E-state index in [1.165, 1.54) is 5.56 Å². The lowest BCUT2D eigenvalue weighted by atomic mass is 9.94. The van der Waals surface area contributed by atoms with E-state index < -0.39 is 0 Å². The molecule has 0 radical (unpaired) electrons. The molecule has 0 unspecified atom stereocenters. The van der Waals surface area contributed by atoms with Gasteiger partial charge in [0.25, 0.3) is 0 Å². The second kappa shape index (κ2) is 6.40. The first-order chi connectivity index (χ1) is 9.52. The lowest BCUT2D eigenvalue weighted by Crippen LogP contribution is -2.49. The fraction of sp³-hybridized carbons (Fsp3) is 0.588. The van der Waals surface area contributed by atoms with Gasteiger partial charge in [-0.25, -0.2) is 0 Å². The molecule has 0 saturated carbocycles. The third-order valence-corrected chi connectivity index (χ3v) is 4.46. The number of aryl methyl sites for hydroxylation is 1. The van der Waals surface area contributed by atoms with Crippen LogP contribution in [0.1, 0.15) is 50.7 Å². The molecule has 1 aromatic carbocycles. The third-order valence-electron chi connectivity index (χ3n) is 4.46. The first-order valence-corrected chi connectivity index (χ1v) is 7.67. The van der Waals surface area contributed by atoms with Crippen LogP contribution in [0.15, 0.2) is 24.3 Å². The molecule has 3 heteroatoms. The van der Waals surface area contributed by atoms with E-state index in [0.29, 0.717) is 0 Å². The average Bonchev–Trinajstić information content (AvgIpc) is 2.46. The van der Waals surface area contributed by atoms with Gasteiger partial charge in [0.1, 0.15) is 0 Å². The number of benzene rings is 1. The molecule has 110 valence electrons. The first-order valence-electron chi connectivity index (χ1n) is 7.67. The smallest absolute Gasteiger partial charge is 0.230 e. The van der Waals surface area contributed by atoms with Crippen molar-refractivity contribution in [3.63, 3.8) is 0 Å². The number of amides is 1. The van der Waals surface area contributed by atoms with Gasteiger partial charge in [-0.1, -0.05) is 31.2 Å². The summed E-state index contributed by atoms with van der Waals surface area (Å²) in [4.78, 5) is 14.7. The summed E-state index contributed by atoms with van der Waals surface area (Å²) in [6, 6.07) is 8.91. The molecule has 1 heterocycles. The summed E-state index contributed by atoms with van der Waals surface area (Å²) in [6.45, 7) is 7.04. The molecule has 0 aliphatic carbocycles. The van der Waals surface area contributed by atoms with Crippen LogP contribution < -0.4 is 5.73 Å². The van der Waals surface area contributed by atoms with Crippen LogP contribution in [-0.4, -0.2) is 29.4 Å². The molecule has 1 aromatic rings. The molecule has 3 nitrogen and oxygen atoms in total. The minimum absolute atomic E-state index is 0.0716. The Morgan fingerprint density at radius 3 is 2.60 bits per heavy atom. The summed E-state index contributed by atoms with van der Waals surface area (Å²) in [6.07, 6.45) is 2.86. The highest BCUT2D eigenvalue weighted by atomic mass is 16.2. The molecule has 20 heavy (non-hydrogen) atoms. The number of hydrogen-bond donors (Lipinski definition) is 1. The van der Waals surface area contributed by atoms with Crippen molar-refractivity contribution in [3.05, 3.63) is 35.4 Å². The zero-order valence-electron chi connectivity index (χ0n) is 12.8. The zero-order valence-corrected chi connectivity index (χ0v) is 12.8. The predicted molar refractivity (Wildman–Crippen MR) is 82.6 cm³/mol. The second-order valence-electron chi connectivity index (χ2n) is 5.98. The van der Waals surface area contributed by atoms with Crippen LogP contribution in [0.2, 0.25) is 0 Å². The number of carbonyl (C=O) groups excluding carboxylic acids is 1. The standard InChI is InChI=1S/C17H26N2O/c1-4-14-5-7-15(8-6-14)13(3)17(20)19-10-9-16(18)11-12(19)2/h5-8,12-13,16H,4,9-11,18H2,1-3H3/t12-,13-,16+/m0/s1. The van der Waals surface area contributed by atoms with Crippen LogP contribution in [0.3, 0.4) is 0 Å². The molecular weight excluding hydrogens is 248 g/mol. The van der Waals surface area contributed by atoms with Crippen molar-refractivity contribution in [3.8, 4) is 0 Å².